The van der Waals surface area contributed by atoms with E-state index in [2.05, 4.69) is 65.2 Å². The van der Waals surface area contributed by atoms with E-state index in [0.717, 1.165) is 62.5 Å². The Kier molecular flexibility index (Phi) is 5.44. The molecule has 4 nitrogen and oxygen atoms in total. The van der Waals surface area contributed by atoms with E-state index >= 15 is 0 Å². The third-order valence-electron chi connectivity index (χ3n) is 6.96. The van der Waals surface area contributed by atoms with Crippen LogP contribution in [0, 0.1) is 0 Å². The molecule has 0 saturated carbocycles. The van der Waals surface area contributed by atoms with Gasteiger partial charge in [-0.05, 0) is 51.8 Å². The average molecular weight is 459 g/mol. The second-order valence-electron chi connectivity index (χ2n) is 9.15. The molecule has 3 N–H and O–H groups in total. The van der Waals surface area contributed by atoms with Crippen LogP contribution in [-0.2, 0) is 12.8 Å². The lowest BCUT2D eigenvalue weighted by atomic mass is 9.88. The van der Waals surface area contributed by atoms with Crippen LogP contribution < -0.4 is 10.6 Å². The number of aliphatic hydroxyl groups is 1. The first-order chi connectivity index (χ1) is 17.2. The average Bonchev–Trinajstić information content (AvgIpc) is 2.89. The van der Waals surface area contributed by atoms with Gasteiger partial charge in [0.15, 0.2) is 0 Å². The van der Waals surface area contributed by atoms with Gasteiger partial charge in [-0.15, -0.1) is 0 Å². The molecule has 172 valence electrons. The van der Waals surface area contributed by atoms with Crippen molar-refractivity contribution >= 4 is 39.0 Å². The van der Waals surface area contributed by atoms with Crippen molar-refractivity contribution in [2.75, 3.05) is 10.6 Å². The van der Waals surface area contributed by atoms with E-state index in [-0.39, 0.29) is 12.1 Å². The van der Waals surface area contributed by atoms with Crippen molar-refractivity contribution < 1.29 is 9.90 Å². The number of aryl methyl sites for hydroxylation is 1. The molecule has 5 aromatic rings. The second-order valence-corrected chi connectivity index (χ2v) is 9.15. The number of aliphatic hydroxyl groups excluding tert-OH is 1. The number of hydrogen-bond acceptors (Lipinski definition) is 2. The molecular weight excluding hydrogens is 432 g/mol. The maximum absolute atomic E-state index is 13.4. The Labute approximate surface area is 204 Å². The second kappa shape index (κ2) is 8.90. The maximum atomic E-state index is 13.4. The zero-order valence-electron chi connectivity index (χ0n) is 19.3. The van der Waals surface area contributed by atoms with Gasteiger partial charge in [0.05, 0.1) is 11.8 Å². The van der Waals surface area contributed by atoms with Crippen molar-refractivity contribution in [1.29, 1.82) is 0 Å². The number of carbonyl (C=O) groups is 1. The molecule has 35 heavy (non-hydrogen) atoms. The topological polar surface area (TPSA) is 61.4 Å². The van der Waals surface area contributed by atoms with Crippen LogP contribution in [-0.4, -0.2) is 17.2 Å². The van der Waals surface area contributed by atoms with Gasteiger partial charge in [0.2, 0.25) is 0 Å². The molecule has 0 fully saturated rings. The lowest BCUT2D eigenvalue weighted by Crippen LogP contribution is -2.24. The van der Waals surface area contributed by atoms with E-state index in [9.17, 15) is 9.90 Å². The molecular formula is C31H26N2O2. The first-order valence-corrected chi connectivity index (χ1v) is 12.0. The Bertz CT molecular complexity index is 1570. The summed E-state index contributed by atoms with van der Waals surface area (Å²) in [5, 5.41) is 20.8. The Morgan fingerprint density at radius 1 is 0.714 bits per heavy atom. The summed E-state index contributed by atoms with van der Waals surface area (Å²) in [6.07, 6.45) is 1.76. The Hall–Kier alpha value is -4.15. The summed E-state index contributed by atoms with van der Waals surface area (Å²) in [5.74, 6) is 0. The number of carbonyl (C=O) groups excluding carboxylic acids is 1. The molecule has 1 unspecified atom stereocenters. The number of amides is 2. The van der Waals surface area contributed by atoms with Gasteiger partial charge < -0.3 is 15.7 Å². The van der Waals surface area contributed by atoms with E-state index in [0.29, 0.717) is 6.42 Å². The summed E-state index contributed by atoms with van der Waals surface area (Å²) in [6, 6.07) is 32.5. The van der Waals surface area contributed by atoms with Crippen LogP contribution in [0.2, 0.25) is 0 Å². The minimum absolute atomic E-state index is 0.295. The van der Waals surface area contributed by atoms with Crippen LogP contribution in [0.25, 0.3) is 32.7 Å². The van der Waals surface area contributed by atoms with Crippen LogP contribution in [0.4, 0.5) is 16.2 Å². The zero-order valence-corrected chi connectivity index (χ0v) is 19.3. The highest BCUT2D eigenvalue weighted by Gasteiger charge is 2.21. The van der Waals surface area contributed by atoms with Gasteiger partial charge in [-0.1, -0.05) is 91.0 Å². The summed E-state index contributed by atoms with van der Waals surface area (Å²) in [6.45, 7) is 0. The van der Waals surface area contributed by atoms with Crippen molar-refractivity contribution in [2.45, 2.75) is 25.4 Å². The maximum Gasteiger partial charge on any atom is 0.323 e. The molecule has 1 atom stereocenters. The number of anilines is 2. The predicted octanol–water partition coefficient (Wildman–Crippen LogP) is 7.15. The molecule has 0 saturated heterocycles. The van der Waals surface area contributed by atoms with Crippen LogP contribution in [0.1, 0.15) is 17.5 Å². The molecule has 0 radical (unpaired) electrons. The van der Waals surface area contributed by atoms with E-state index in [1.807, 2.05) is 42.5 Å². The minimum Gasteiger partial charge on any atom is -0.393 e. The highest BCUT2D eigenvalue weighted by Crippen LogP contribution is 2.38. The van der Waals surface area contributed by atoms with E-state index in [1.54, 1.807) is 0 Å². The summed E-state index contributed by atoms with van der Waals surface area (Å²) in [5.41, 5.74) is 5.79. The normalized spacial score (nSPS) is 15.1. The molecule has 0 bridgehead atoms. The SMILES string of the molecule is O=C(Nc1cccc2c1CC(O)CC2)Nc1c(-c2cccc3ccccc23)ccc2ccccc12. The molecule has 0 aliphatic heterocycles. The predicted molar refractivity (Wildman–Crippen MR) is 144 cm³/mol. The molecule has 2 amide bonds. The fraction of sp³-hybridized carbons (Fsp3) is 0.129. The minimum atomic E-state index is -0.371. The van der Waals surface area contributed by atoms with Gasteiger partial charge in [-0.3, -0.25) is 0 Å². The van der Waals surface area contributed by atoms with Crippen LogP contribution in [0.3, 0.4) is 0 Å². The third-order valence-corrected chi connectivity index (χ3v) is 6.96. The summed E-state index contributed by atoms with van der Waals surface area (Å²) >= 11 is 0. The van der Waals surface area contributed by atoms with Gasteiger partial charge in [0.25, 0.3) is 0 Å². The van der Waals surface area contributed by atoms with Crippen molar-refractivity contribution in [3.8, 4) is 11.1 Å². The fourth-order valence-electron chi connectivity index (χ4n) is 5.24. The summed E-state index contributed by atoms with van der Waals surface area (Å²) < 4.78 is 0. The Morgan fingerprint density at radius 2 is 1.43 bits per heavy atom. The molecule has 1 aliphatic carbocycles. The van der Waals surface area contributed by atoms with Gasteiger partial charge >= 0.3 is 6.03 Å². The number of rotatable bonds is 3. The van der Waals surface area contributed by atoms with Gasteiger partial charge in [0.1, 0.15) is 0 Å². The monoisotopic (exact) mass is 458 g/mol. The number of hydrogen-bond donors (Lipinski definition) is 3. The van der Waals surface area contributed by atoms with Crippen LogP contribution in [0.15, 0.2) is 97.1 Å². The summed E-state index contributed by atoms with van der Waals surface area (Å²) in [7, 11) is 0. The highest BCUT2D eigenvalue weighted by atomic mass is 16.3. The molecule has 0 aromatic heterocycles. The van der Waals surface area contributed by atoms with Gasteiger partial charge in [-0.2, -0.15) is 0 Å². The fourth-order valence-corrected chi connectivity index (χ4v) is 5.24. The van der Waals surface area contributed by atoms with E-state index in [4.69, 9.17) is 0 Å². The first-order valence-electron chi connectivity index (χ1n) is 12.0. The molecule has 6 rings (SSSR count). The number of urea groups is 1. The Balaban J connectivity index is 1.42. The molecule has 0 heterocycles. The van der Waals surface area contributed by atoms with Crippen molar-refractivity contribution in [1.82, 2.24) is 0 Å². The molecule has 0 spiro atoms. The van der Waals surface area contributed by atoms with Crippen molar-refractivity contribution in [3.63, 3.8) is 0 Å². The number of nitrogens with one attached hydrogen (secondary N) is 2. The summed E-state index contributed by atoms with van der Waals surface area (Å²) in [4.78, 5) is 13.4. The Morgan fingerprint density at radius 3 is 2.29 bits per heavy atom. The zero-order chi connectivity index (χ0) is 23.8. The number of fused-ring (bicyclic) bond motifs is 3. The lowest BCUT2D eigenvalue weighted by molar-refractivity contribution is 0.159. The van der Waals surface area contributed by atoms with Crippen LogP contribution >= 0.6 is 0 Å². The van der Waals surface area contributed by atoms with Crippen LogP contribution in [0.5, 0.6) is 0 Å². The van der Waals surface area contributed by atoms with Crippen molar-refractivity contribution in [3.05, 3.63) is 108 Å². The largest absolute Gasteiger partial charge is 0.393 e. The first kappa shape index (κ1) is 21.4. The molecule has 4 heteroatoms. The quantitative estimate of drug-likeness (QED) is 0.269. The lowest BCUT2D eigenvalue weighted by Gasteiger charge is -2.23. The number of benzene rings is 5. The van der Waals surface area contributed by atoms with Gasteiger partial charge in [0, 0.05) is 23.1 Å². The molecule has 1 aliphatic rings. The van der Waals surface area contributed by atoms with E-state index < -0.39 is 0 Å². The standard InChI is InChI=1S/C31H26N2O2/c34-23-17-15-22-10-6-14-29(28(22)19-23)32-31(35)33-30-25-12-4-2-8-21(25)16-18-27(30)26-13-5-9-20-7-1-3-11-24(20)26/h1-14,16,18,23,34H,15,17,19H2,(H2,32,33,35). The smallest absolute Gasteiger partial charge is 0.323 e. The van der Waals surface area contributed by atoms with E-state index in [1.165, 1.54) is 5.56 Å². The molecule has 5 aromatic carbocycles. The van der Waals surface area contributed by atoms with Gasteiger partial charge in [-0.25, -0.2) is 4.79 Å². The van der Waals surface area contributed by atoms with Crippen molar-refractivity contribution in [2.24, 2.45) is 0 Å². The highest BCUT2D eigenvalue weighted by molar-refractivity contribution is 6.13. The third kappa shape index (κ3) is 4.02.